The Balaban J connectivity index is 1.46. The van der Waals surface area contributed by atoms with Gasteiger partial charge >= 0.3 is 0 Å². The quantitative estimate of drug-likeness (QED) is 0.132. The second-order valence-corrected chi connectivity index (χ2v) is 12.9. The number of fused-ring (bicyclic) bond motifs is 1. The van der Waals surface area contributed by atoms with E-state index < -0.39 is 56.4 Å². The van der Waals surface area contributed by atoms with E-state index in [1.807, 2.05) is 0 Å². The lowest BCUT2D eigenvalue weighted by Gasteiger charge is -2.14. The van der Waals surface area contributed by atoms with Crippen LogP contribution in [-0.4, -0.2) is 33.9 Å². The van der Waals surface area contributed by atoms with E-state index in [1.54, 1.807) is 19.1 Å². The molecule has 4 aromatic carbocycles. The molecule has 0 fully saturated rings. The minimum absolute atomic E-state index is 0.0174. The fourth-order valence-corrected chi connectivity index (χ4v) is 6.80. The molecule has 0 radical (unpaired) electrons. The van der Waals surface area contributed by atoms with Gasteiger partial charge < -0.3 is 15.8 Å². The van der Waals surface area contributed by atoms with Crippen LogP contribution in [-0.2, 0) is 14.8 Å². The van der Waals surface area contributed by atoms with Crippen molar-refractivity contribution in [2.24, 2.45) is 0 Å². The maximum Gasteiger partial charge on any atom is 0.268 e. The molecule has 0 atom stereocenters. The van der Waals surface area contributed by atoms with Gasteiger partial charge in [0.15, 0.2) is 17.4 Å². The Bertz CT molecular complexity index is 2420. The largest absolute Gasteiger partial charge is 0.454 e. The molecule has 2 heterocycles. The number of nitrogen functional groups attached to an aromatic ring is 1. The first-order valence-electron chi connectivity index (χ1n) is 14.4. The summed E-state index contributed by atoms with van der Waals surface area (Å²) in [5.41, 5.74) is 5.86. The van der Waals surface area contributed by atoms with E-state index in [0.29, 0.717) is 0 Å². The number of nitrogens with zero attached hydrogens (tertiary/aromatic N) is 3. The zero-order valence-electron chi connectivity index (χ0n) is 25.9. The summed E-state index contributed by atoms with van der Waals surface area (Å²) in [4.78, 5) is 25.6. The lowest BCUT2D eigenvalue weighted by atomic mass is 10.1. The lowest BCUT2D eigenvalue weighted by molar-refractivity contribution is -0.114. The van der Waals surface area contributed by atoms with Crippen LogP contribution in [0.4, 0.5) is 29.1 Å². The average Bonchev–Trinajstić information content (AvgIpc) is 3.59. The smallest absolute Gasteiger partial charge is 0.268 e. The van der Waals surface area contributed by atoms with E-state index in [0.717, 1.165) is 63.7 Å². The van der Waals surface area contributed by atoms with Gasteiger partial charge in [0.05, 0.1) is 27.9 Å². The summed E-state index contributed by atoms with van der Waals surface area (Å²) in [5, 5.41) is 6.40. The molecule has 0 bridgehead atoms. The van der Waals surface area contributed by atoms with Crippen LogP contribution >= 0.6 is 0 Å². The number of hydrogen-bond donors (Lipinski definition) is 2. The summed E-state index contributed by atoms with van der Waals surface area (Å²) in [5.74, 6) is -6.81. The Morgan fingerprint density at radius 2 is 1.61 bits per heavy atom. The van der Waals surface area contributed by atoms with Crippen molar-refractivity contribution in [1.82, 2.24) is 13.8 Å². The third-order valence-corrected chi connectivity index (χ3v) is 9.33. The number of nitrogens with two attached hydrogens (primary N) is 1. The van der Waals surface area contributed by atoms with E-state index in [9.17, 15) is 31.2 Å². The van der Waals surface area contributed by atoms with Crippen LogP contribution in [0, 0.1) is 37.1 Å². The van der Waals surface area contributed by atoms with Crippen molar-refractivity contribution in [2.45, 2.75) is 25.7 Å². The van der Waals surface area contributed by atoms with Gasteiger partial charge in [-0.25, -0.2) is 30.2 Å². The normalized spacial score (nSPS) is 11.6. The second kappa shape index (κ2) is 12.2. The van der Waals surface area contributed by atoms with Gasteiger partial charge in [-0.1, -0.05) is 23.8 Å². The van der Waals surface area contributed by atoms with Crippen LogP contribution in [0.5, 0.6) is 11.5 Å². The van der Waals surface area contributed by atoms with Crippen molar-refractivity contribution < 1.29 is 40.3 Å². The topological polar surface area (TPSA) is 138 Å². The molecule has 0 unspecified atom stereocenters. The number of halogens is 4. The summed E-state index contributed by atoms with van der Waals surface area (Å²) < 4.78 is 93.4. The standard InChI is InChI=1S/C34H25F4N5O5S/c1-17-7-9-22(10-8-17)49(46,47)43-28-15-27(41-19(3)44)25(36)12-20(28)13-29(43)33(45)23-16-40-42(34(23)39)32-18(2)11-21(14-26(32)37)48-30-6-4-5-24(35)31(30)38/h4-16H,39H2,1-3H3,(H,41,44). The molecule has 15 heteroatoms. The van der Waals surface area contributed by atoms with Crippen LogP contribution in [0.15, 0.2) is 83.9 Å². The zero-order valence-corrected chi connectivity index (χ0v) is 26.7. The molecule has 6 aromatic rings. The number of anilines is 2. The molecular formula is C34H25F4N5O5S. The molecule has 0 saturated carbocycles. The maximum atomic E-state index is 15.5. The van der Waals surface area contributed by atoms with Crippen molar-refractivity contribution in [3.8, 4) is 17.2 Å². The highest BCUT2D eigenvalue weighted by atomic mass is 32.2. The average molecular weight is 692 g/mol. The second-order valence-electron chi connectivity index (χ2n) is 11.1. The number of hydrogen-bond acceptors (Lipinski definition) is 7. The highest BCUT2D eigenvalue weighted by Gasteiger charge is 2.30. The van der Waals surface area contributed by atoms with Crippen molar-refractivity contribution in [3.63, 3.8) is 0 Å². The zero-order chi connectivity index (χ0) is 35.4. The predicted octanol–water partition coefficient (Wildman–Crippen LogP) is 6.80. The van der Waals surface area contributed by atoms with Gasteiger partial charge in [-0.2, -0.15) is 9.49 Å². The minimum atomic E-state index is -4.52. The number of aryl methyl sites for hydroxylation is 2. The van der Waals surface area contributed by atoms with E-state index >= 15 is 4.39 Å². The number of nitrogens with one attached hydrogen (secondary N) is 1. The molecular weight excluding hydrogens is 666 g/mol. The summed E-state index contributed by atoms with van der Waals surface area (Å²) in [6, 6.07) is 14.5. The van der Waals surface area contributed by atoms with Crippen molar-refractivity contribution in [2.75, 3.05) is 11.1 Å². The first-order chi connectivity index (χ1) is 23.2. The number of ketones is 1. The SMILES string of the molecule is CC(=O)Nc1cc2c(cc1F)cc(C(=O)c1cnn(-c3c(C)cc(Oc4cccc(F)c4F)cc3F)c1N)n2S(=O)(=O)c1ccc(C)cc1. The van der Waals surface area contributed by atoms with Crippen molar-refractivity contribution >= 4 is 44.1 Å². The van der Waals surface area contributed by atoms with Crippen LogP contribution in [0.25, 0.3) is 16.6 Å². The van der Waals surface area contributed by atoms with Crippen LogP contribution in [0.2, 0.25) is 0 Å². The predicted molar refractivity (Wildman–Crippen MR) is 172 cm³/mol. The molecule has 0 aliphatic carbocycles. The molecule has 6 rings (SSSR count). The van der Waals surface area contributed by atoms with E-state index in [4.69, 9.17) is 10.5 Å². The number of ether oxygens (including phenoxy) is 1. The highest BCUT2D eigenvalue weighted by molar-refractivity contribution is 7.90. The van der Waals surface area contributed by atoms with E-state index in [2.05, 4.69) is 10.4 Å². The molecule has 1 amide bonds. The molecule has 0 aliphatic heterocycles. The minimum Gasteiger partial charge on any atom is -0.454 e. The molecule has 0 saturated heterocycles. The van der Waals surface area contributed by atoms with Crippen LogP contribution < -0.4 is 15.8 Å². The fraction of sp³-hybridized carbons (Fsp3) is 0.0882. The molecule has 250 valence electrons. The summed E-state index contributed by atoms with van der Waals surface area (Å²) in [7, 11) is -4.52. The Morgan fingerprint density at radius 1 is 0.898 bits per heavy atom. The van der Waals surface area contributed by atoms with Gasteiger partial charge in [-0.05, 0) is 67.9 Å². The number of benzene rings is 4. The van der Waals surface area contributed by atoms with Gasteiger partial charge in [0.1, 0.15) is 28.8 Å². The molecule has 0 aliphatic rings. The van der Waals surface area contributed by atoms with Gasteiger partial charge in [0.25, 0.3) is 10.0 Å². The highest BCUT2D eigenvalue weighted by Crippen LogP contribution is 2.34. The molecule has 3 N–H and O–H groups in total. The molecule has 49 heavy (non-hydrogen) atoms. The maximum absolute atomic E-state index is 15.5. The van der Waals surface area contributed by atoms with Gasteiger partial charge in [-0.15, -0.1) is 0 Å². The Hall–Kier alpha value is -5.96. The Morgan fingerprint density at radius 3 is 2.29 bits per heavy atom. The number of rotatable bonds is 8. The summed E-state index contributed by atoms with van der Waals surface area (Å²) in [6.45, 7) is 4.37. The number of amides is 1. The van der Waals surface area contributed by atoms with Gasteiger partial charge in [0, 0.05) is 18.4 Å². The monoisotopic (exact) mass is 691 g/mol. The fourth-order valence-electron chi connectivity index (χ4n) is 5.29. The van der Waals surface area contributed by atoms with E-state index in [-0.39, 0.29) is 49.9 Å². The van der Waals surface area contributed by atoms with Crippen LogP contribution in [0.1, 0.15) is 34.1 Å². The number of carbonyl (C=O) groups excluding carboxylic acids is 2. The third-order valence-electron chi connectivity index (χ3n) is 7.58. The van der Waals surface area contributed by atoms with Crippen LogP contribution in [0.3, 0.4) is 0 Å². The Kier molecular flexibility index (Phi) is 8.24. The van der Waals surface area contributed by atoms with Crippen molar-refractivity contribution in [3.05, 3.63) is 125 Å². The number of carbonyl (C=O) groups is 2. The van der Waals surface area contributed by atoms with Gasteiger partial charge in [0.2, 0.25) is 17.5 Å². The van der Waals surface area contributed by atoms with Gasteiger partial charge in [-0.3, -0.25) is 9.59 Å². The summed E-state index contributed by atoms with van der Waals surface area (Å²) >= 11 is 0. The van der Waals surface area contributed by atoms with E-state index in [1.165, 1.54) is 31.2 Å². The molecule has 0 spiro atoms. The molecule has 2 aromatic heterocycles. The first kappa shape index (κ1) is 33.0. The Labute approximate surface area is 276 Å². The third kappa shape index (κ3) is 5.88. The first-order valence-corrected chi connectivity index (χ1v) is 15.9. The lowest BCUT2D eigenvalue weighted by Crippen LogP contribution is -2.20. The number of aromatic nitrogens is 3. The summed E-state index contributed by atoms with van der Waals surface area (Å²) in [6.07, 6.45) is 1.02. The van der Waals surface area contributed by atoms with Crippen molar-refractivity contribution in [1.29, 1.82) is 0 Å². The molecule has 10 nitrogen and oxygen atoms in total.